The Bertz CT molecular complexity index is 1630. The van der Waals surface area contributed by atoms with Crippen LogP contribution >= 0.6 is 0 Å². The van der Waals surface area contributed by atoms with Crippen LogP contribution in [0.4, 0.5) is 0 Å². The third kappa shape index (κ3) is 4.38. The molecule has 8 nitrogen and oxygen atoms in total. The van der Waals surface area contributed by atoms with E-state index in [1.807, 2.05) is 48.5 Å². The monoisotopic (exact) mass is 546 g/mol. The van der Waals surface area contributed by atoms with Crippen LogP contribution in [0.2, 0.25) is 0 Å². The van der Waals surface area contributed by atoms with Crippen LogP contribution in [0, 0.1) is 0 Å². The zero-order valence-corrected chi connectivity index (χ0v) is 22.6. The molecule has 0 fully saturated rings. The predicted molar refractivity (Wildman–Crippen MR) is 151 cm³/mol. The van der Waals surface area contributed by atoms with E-state index in [1.54, 1.807) is 36.4 Å². The average Bonchev–Trinajstić information content (AvgIpc) is 3.32. The van der Waals surface area contributed by atoms with Gasteiger partial charge >= 0.3 is 0 Å². The van der Waals surface area contributed by atoms with Crippen LogP contribution in [0.1, 0.15) is 66.4 Å². The van der Waals surface area contributed by atoms with Gasteiger partial charge in [-0.25, -0.2) is 0 Å². The number of ether oxygens (including phenoxy) is 2. The Balaban J connectivity index is 1.15. The van der Waals surface area contributed by atoms with Crippen molar-refractivity contribution < 1.29 is 28.7 Å². The van der Waals surface area contributed by atoms with E-state index in [2.05, 4.69) is 13.8 Å². The standard InChI is InChI=1S/C33H26N2O6/c1-33(2,18-4-8-20(9-5-18)40-22-12-14-24-26(16-22)30(37)28(34)29(24)36)19-6-10-21(11-7-19)41-23-13-15-25-27(17-23)32(39)35(3)31(25)38/h4-17,28H,34H2,1-3H3. The Labute approximate surface area is 236 Å². The second-order valence-corrected chi connectivity index (χ2v) is 10.7. The Morgan fingerprint density at radius 1 is 0.585 bits per heavy atom. The smallest absolute Gasteiger partial charge is 0.261 e. The molecule has 4 aromatic carbocycles. The highest BCUT2D eigenvalue weighted by Gasteiger charge is 2.36. The van der Waals surface area contributed by atoms with Gasteiger partial charge in [-0.3, -0.25) is 24.1 Å². The van der Waals surface area contributed by atoms with E-state index in [4.69, 9.17) is 15.2 Å². The van der Waals surface area contributed by atoms with Gasteiger partial charge in [0.25, 0.3) is 11.8 Å². The summed E-state index contributed by atoms with van der Waals surface area (Å²) in [4.78, 5) is 49.9. The zero-order chi connectivity index (χ0) is 29.1. The van der Waals surface area contributed by atoms with Gasteiger partial charge in [-0.15, -0.1) is 0 Å². The number of carbonyl (C=O) groups excluding carboxylic acids is 4. The number of benzene rings is 4. The molecule has 6 rings (SSSR count). The average molecular weight is 547 g/mol. The molecule has 0 aromatic heterocycles. The van der Waals surface area contributed by atoms with Crippen LogP contribution in [0.3, 0.4) is 0 Å². The van der Waals surface area contributed by atoms with Gasteiger partial charge in [-0.2, -0.15) is 0 Å². The van der Waals surface area contributed by atoms with Gasteiger partial charge in [0.2, 0.25) is 0 Å². The maximum atomic E-state index is 12.3. The summed E-state index contributed by atoms with van der Waals surface area (Å²) < 4.78 is 11.9. The molecular formula is C33H26N2O6. The first kappa shape index (κ1) is 26.2. The molecule has 0 saturated heterocycles. The molecule has 0 radical (unpaired) electrons. The second-order valence-electron chi connectivity index (χ2n) is 10.7. The molecule has 2 aliphatic rings. The van der Waals surface area contributed by atoms with E-state index in [0.717, 1.165) is 16.0 Å². The van der Waals surface area contributed by atoms with Crippen molar-refractivity contribution in [2.24, 2.45) is 5.73 Å². The summed E-state index contributed by atoms with van der Waals surface area (Å²) in [5.74, 6) is 0.712. The van der Waals surface area contributed by atoms with Crippen LogP contribution in [0.25, 0.3) is 0 Å². The maximum absolute atomic E-state index is 12.3. The van der Waals surface area contributed by atoms with E-state index >= 15 is 0 Å². The molecule has 1 heterocycles. The molecular weight excluding hydrogens is 520 g/mol. The van der Waals surface area contributed by atoms with Crippen molar-refractivity contribution in [1.82, 2.24) is 4.90 Å². The van der Waals surface area contributed by atoms with Gasteiger partial charge in [0, 0.05) is 23.6 Å². The van der Waals surface area contributed by atoms with E-state index < -0.39 is 11.8 Å². The molecule has 0 bridgehead atoms. The van der Waals surface area contributed by atoms with Crippen molar-refractivity contribution >= 4 is 23.4 Å². The highest BCUT2D eigenvalue weighted by molar-refractivity contribution is 6.29. The SMILES string of the molecule is CN1C(=O)c2ccc(Oc3ccc(C(C)(C)c4ccc(Oc5ccc6c(c5)C(=O)C(N)C6=O)cc4)cc3)cc2C1=O. The van der Waals surface area contributed by atoms with E-state index in [1.165, 1.54) is 7.05 Å². The molecule has 2 N–H and O–H groups in total. The number of Topliss-reactive ketones (excluding diaryl/α,β-unsaturated/α-hetero) is 2. The Morgan fingerprint density at radius 3 is 1.54 bits per heavy atom. The van der Waals surface area contributed by atoms with E-state index in [-0.39, 0.29) is 28.6 Å². The third-order valence-corrected chi connectivity index (χ3v) is 7.77. The zero-order valence-electron chi connectivity index (χ0n) is 22.6. The van der Waals surface area contributed by atoms with Crippen molar-refractivity contribution in [2.75, 3.05) is 7.05 Å². The van der Waals surface area contributed by atoms with Gasteiger partial charge in [0.15, 0.2) is 11.6 Å². The summed E-state index contributed by atoms with van der Waals surface area (Å²) in [5, 5.41) is 0. The number of carbonyl (C=O) groups is 4. The summed E-state index contributed by atoms with van der Waals surface area (Å²) >= 11 is 0. The summed E-state index contributed by atoms with van der Waals surface area (Å²) in [6.07, 6.45) is 0. The van der Waals surface area contributed by atoms with Crippen LogP contribution in [0.15, 0.2) is 84.9 Å². The van der Waals surface area contributed by atoms with Crippen LogP contribution in [-0.4, -0.2) is 41.4 Å². The van der Waals surface area contributed by atoms with Crippen molar-refractivity contribution in [3.05, 3.63) is 118 Å². The molecule has 41 heavy (non-hydrogen) atoms. The lowest BCUT2D eigenvalue weighted by Crippen LogP contribution is -2.31. The highest BCUT2D eigenvalue weighted by Crippen LogP contribution is 2.36. The number of rotatable bonds is 6. The van der Waals surface area contributed by atoms with Crippen LogP contribution in [0.5, 0.6) is 23.0 Å². The number of ketones is 2. The summed E-state index contributed by atoms with van der Waals surface area (Å²) in [7, 11) is 1.46. The first-order chi connectivity index (χ1) is 19.5. The maximum Gasteiger partial charge on any atom is 0.261 e. The third-order valence-electron chi connectivity index (χ3n) is 7.77. The molecule has 8 heteroatoms. The number of fused-ring (bicyclic) bond motifs is 2. The van der Waals surface area contributed by atoms with Gasteiger partial charge < -0.3 is 15.2 Å². The minimum atomic E-state index is -1.14. The fourth-order valence-corrected chi connectivity index (χ4v) is 5.18. The lowest BCUT2D eigenvalue weighted by molar-refractivity contribution is 0.0692. The molecule has 2 amide bonds. The number of hydrogen-bond donors (Lipinski definition) is 1. The molecule has 204 valence electrons. The van der Waals surface area contributed by atoms with Crippen molar-refractivity contribution in [3.63, 3.8) is 0 Å². The van der Waals surface area contributed by atoms with Gasteiger partial charge in [-0.1, -0.05) is 38.1 Å². The molecule has 0 saturated carbocycles. The number of nitrogens with two attached hydrogens (primary N) is 1. The summed E-state index contributed by atoms with van der Waals surface area (Å²) in [6.45, 7) is 4.23. The summed E-state index contributed by atoms with van der Waals surface area (Å²) in [6, 6.07) is 23.9. The molecule has 0 spiro atoms. The lowest BCUT2D eigenvalue weighted by Gasteiger charge is -2.26. The van der Waals surface area contributed by atoms with Gasteiger partial charge in [0.1, 0.15) is 29.0 Å². The summed E-state index contributed by atoms with van der Waals surface area (Å²) in [5.41, 5.74) is 8.80. The Morgan fingerprint density at radius 2 is 1.00 bits per heavy atom. The topological polar surface area (TPSA) is 116 Å². The van der Waals surface area contributed by atoms with Gasteiger partial charge in [0.05, 0.1) is 11.1 Å². The minimum Gasteiger partial charge on any atom is -0.457 e. The fraction of sp³-hybridized carbons (Fsp3) is 0.152. The van der Waals surface area contributed by atoms with Gasteiger partial charge in [-0.05, 0) is 71.8 Å². The number of imide groups is 1. The Kier molecular flexibility index (Phi) is 6.08. The largest absolute Gasteiger partial charge is 0.457 e. The molecule has 1 unspecified atom stereocenters. The quantitative estimate of drug-likeness (QED) is 0.250. The van der Waals surface area contributed by atoms with E-state index in [0.29, 0.717) is 39.7 Å². The first-order valence-corrected chi connectivity index (χ1v) is 13.1. The normalized spacial score (nSPS) is 16.2. The fourth-order valence-electron chi connectivity index (χ4n) is 5.18. The lowest BCUT2D eigenvalue weighted by atomic mass is 9.78. The predicted octanol–water partition coefficient (Wildman–Crippen LogP) is 5.53. The van der Waals surface area contributed by atoms with Crippen molar-refractivity contribution in [2.45, 2.75) is 25.3 Å². The highest BCUT2D eigenvalue weighted by atomic mass is 16.5. The van der Waals surface area contributed by atoms with Crippen LogP contribution < -0.4 is 15.2 Å². The molecule has 1 atom stereocenters. The molecule has 1 aliphatic carbocycles. The van der Waals surface area contributed by atoms with Crippen molar-refractivity contribution in [3.8, 4) is 23.0 Å². The van der Waals surface area contributed by atoms with Crippen molar-refractivity contribution in [1.29, 1.82) is 0 Å². The molecule has 1 aliphatic heterocycles. The minimum absolute atomic E-state index is 0.289. The number of nitrogens with zero attached hydrogens (tertiary/aromatic N) is 1. The second kappa shape index (κ2) is 9.53. The first-order valence-electron chi connectivity index (χ1n) is 13.1. The molecule has 4 aromatic rings. The van der Waals surface area contributed by atoms with E-state index in [9.17, 15) is 19.2 Å². The van der Waals surface area contributed by atoms with Crippen LogP contribution in [-0.2, 0) is 5.41 Å². The Hall–Kier alpha value is -5.08. The number of hydrogen-bond acceptors (Lipinski definition) is 7. The number of amides is 2.